The molecule has 0 spiro atoms. The van der Waals surface area contributed by atoms with Crippen molar-refractivity contribution < 1.29 is 19.0 Å². The number of hydrogen-bond acceptors (Lipinski definition) is 9. The molecular weight excluding hydrogens is 454 g/mol. The lowest BCUT2D eigenvalue weighted by Crippen LogP contribution is -2.25. The van der Waals surface area contributed by atoms with Crippen molar-refractivity contribution in [2.45, 2.75) is 42.4 Å². The van der Waals surface area contributed by atoms with Crippen molar-refractivity contribution in [3.05, 3.63) is 57.9 Å². The summed E-state index contributed by atoms with van der Waals surface area (Å²) in [6.45, 7) is 1.56. The maximum atomic E-state index is 14.0. The van der Waals surface area contributed by atoms with Crippen LogP contribution in [0, 0.1) is 11.6 Å². The molecule has 3 unspecified atom stereocenters. The van der Waals surface area contributed by atoms with Gasteiger partial charge in [0.1, 0.15) is 0 Å². The maximum absolute atomic E-state index is 14.0. The molecule has 2 heterocycles. The van der Waals surface area contributed by atoms with Crippen LogP contribution in [0.4, 0.5) is 20.4 Å². The molecule has 3 atom stereocenters. The van der Waals surface area contributed by atoms with Crippen LogP contribution in [-0.2, 0) is 5.75 Å². The number of nitrogens with one attached hydrogen (secondary N) is 3. The van der Waals surface area contributed by atoms with Crippen LogP contribution in [-0.4, -0.2) is 54.9 Å². The fraction of sp³-hybridized carbons (Fsp3) is 0.333. The van der Waals surface area contributed by atoms with Crippen molar-refractivity contribution >= 4 is 34.6 Å². The van der Waals surface area contributed by atoms with Gasteiger partial charge in [-0.15, -0.1) is 0 Å². The fourth-order valence-corrected chi connectivity index (χ4v) is 4.08. The third-order valence-corrected chi connectivity index (χ3v) is 5.86. The lowest BCUT2D eigenvalue weighted by Gasteiger charge is -2.16. The van der Waals surface area contributed by atoms with Gasteiger partial charge in [-0.1, -0.05) is 36.0 Å². The fourth-order valence-electron chi connectivity index (χ4n) is 3.26. The molecule has 0 saturated carbocycles. The second-order valence-electron chi connectivity index (χ2n) is 7.63. The minimum Gasteiger partial charge on any atom is -0.394 e. The van der Waals surface area contributed by atoms with Gasteiger partial charge in [-0.25, -0.2) is 23.7 Å². The Kier molecular flexibility index (Phi) is 6.86. The normalized spacial score (nSPS) is 18.6. The van der Waals surface area contributed by atoms with Crippen LogP contribution in [0.3, 0.4) is 0 Å². The highest BCUT2D eigenvalue weighted by Crippen LogP contribution is 2.27. The molecule has 0 aliphatic heterocycles. The molecule has 5 N–H and O–H groups in total. The smallest absolute Gasteiger partial charge is 0.292 e. The first-order valence-electron chi connectivity index (χ1n) is 10.2. The Morgan fingerprint density at radius 3 is 2.79 bits per heavy atom. The van der Waals surface area contributed by atoms with E-state index in [9.17, 15) is 23.8 Å². The number of thioether (sulfide) groups is 1. The first kappa shape index (κ1) is 23.1. The minimum atomic E-state index is -0.940. The van der Waals surface area contributed by atoms with Gasteiger partial charge in [-0.05, 0) is 13.0 Å². The monoisotopic (exact) mass is 476 g/mol. The highest BCUT2D eigenvalue weighted by Gasteiger charge is 2.20. The van der Waals surface area contributed by atoms with Crippen molar-refractivity contribution in [2.24, 2.45) is 0 Å². The molecule has 2 aromatic heterocycles. The summed E-state index contributed by atoms with van der Waals surface area (Å²) in [5.41, 5.74) is 0.0581. The van der Waals surface area contributed by atoms with E-state index < -0.39 is 23.3 Å². The zero-order valence-electron chi connectivity index (χ0n) is 17.5. The Labute approximate surface area is 191 Å². The predicted molar refractivity (Wildman–Crippen MR) is 121 cm³/mol. The van der Waals surface area contributed by atoms with E-state index in [0.29, 0.717) is 6.42 Å². The third-order valence-electron chi connectivity index (χ3n) is 4.96. The van der Waals surface area contributed by atoms with Crippen LogP contribution in [0.2, 0.25) is 0 Å². The van der Waals surface area contributed by atoms with Gasteiger partial charge in [0, 0.05) is 29.8 Å². The van der Waals surface area contributed by atoms with Crippen LogP contribution in [0.15, 0.2) is 40.3 Å². The highest BCUT2D eigenvalue weighted by molar-refractivity contribution is 7.98. The van der Waals surface area contributed by atoms with Gasteiger partial charge >= 0.3 is 0 Å². The molecule has 0 bridgehead atoms. The summed E-state index contributed by atoms with van der Waals surface area (Å²) in [6, 6.07) is 3.29. The lowest BCUT2D eigenvalue weighted by molar-refractivity contribution is 0.220. The van der Waals surface area contributed by atoms with E-state index in [-0.39, 0.29) is 58.0 Å². The quantitative estimate of drug-likeness (QED) is 0.188. The number of aromatic nitrogens is 4. The molecule has 0 amide bonds. The molecule has 0 saturated heterocycles. The van der Waals surface area contributed by atoms with E-state index in [0.717, 1.165) is 17.8 Å². The van der Waals surface area contributed by atoms with Crippen LogP contribution in [0.5, 0.6) is 0 Å². The van der Waals surface area contributed by atoms with Crippen molar-refractivity contribution in [2.75, 3.05) is 17.2 Å². The van der Waals surface area contributed by atoms with E-state index in [1.807, 2.05) is 0 Å². The van der Waals surface area contributed by atoms with Gasteiger partial charge in [0.2, 0.25) is 0 Å². The molecule has 1 aromatic carbocycles. The first-order chi connectivity index (χ1) is 15.8. The molecule has 12 heteroatoms. The largest absolute Gasteiger partial charge is 0.394 e. The van der Waals surface area contributed by atoms with Gasteiger partial charge in [0.05, 0.1) is 12.7 Å². The topological polar surface area (TPSA) is 136 Å². The summed E-state index contributed by atoms with van der Waals surface area (Å²) >= 11 is 1.06. The number of benzene rings is 1. The van der Waals surface area contributed by atoms with Crippen LogP contribution in [0.25, 0.3) is 11.2 Å². The standard InChI is InChI=1S/C21H22F2N6O3S/c1-10(8-30)24-17-16-18(27-20(32)19(26-16)25-12-5-6-13(31)7-12)29-21(28-17)33-9-11-3-2-4-14(22)15(11)23/h2-6,10,12-13,30-31H,7-9H2,1H3,(H,25,26)(H2,24,27,28,29,32). The van der Waals surface area contributed by atoms with E-state index in [1.165, 1.54) is 12.1 Å². The number of hydrogen-bond donors (Lipinski definition) is 5. The number of anilines is 2. The van der Waals surface area contributed by atoms with Crippen molar-refractivity contribution in [3.8, 4) is 0 Å². The zero-order chi connectivity index (χ0) is 23.5. The number of aromatic amines is 1. The Morgan fingerprint density at radius 1 is 1.24 bits per heavy atom. The van der Waals surface area contributed by atoms with E-state index >= 15 is 0 Å². The first-order valence-corrected chi connectivity index (χ1v) is 11.2. The average Bonchev–Trinajstić information content (AvgIpc) is 3.20. The Bertz CT molecular complexity index is 1250. The Morgan fingerprint density at radius 2 is 2.06 bits per heavy atom. The number of halogens is 2. The third kappa shape index (κ3) is 5.29. The zero-order valence-corrected chi connectivity index (χ0v) is 18.4. The number of H-pyrrole nitrogens is 1. The molecule has 1 aliphatic carbocycles. The minimum absolute atomic E-state index is 0.0387. The van der Waals surface area contributed by atoms with E-state index in [1.54, 1.807) is 19.1 Å². The van der Waals surface area contributed by atoms with Crippen molar-refractivity contribution in [1.82, 2.24) is 19.9 Å². The lowest BCUT2D eigenvalue weighted by atomic mass is 10.2. The van der Waals surface area contributed by atoms with Gasteiger partial charge in [0.15, 0.2) is 39.6 Å². The predicted octanol–water partition coefficient (Wildman–Crippen LogP) is 2.18. The molecule has 3 aromatic rings. The number of aliphatic hydroxyl groups is 2. The summed E-state index contributed by atoms with van der Waals surface area (Å²) < 4.78 is 27.5. The van der Waals surface area contributed by atoms with Gasteiger partial charge in [-0.2, -0.15) is 0 Å². The van der Waals surface area contributed by atoms with Crippen molar-refractivity contribution in [1.29, 1.82) is 0 Å². The summed E-state index contributed by atoms with van der Waals surface area (Å²) in [5.74, 6) is -1.50. The van der Waals surface area contributed by atoms with Gasteiger partial charge < -0.3 is 25.8 Å². The number of fused-ring (bicyclic) bond motifs is 1. The summed E-state index contributed by atoms with van der Waals surface area (Å²) in [6.07, 6.45) is 3.21. The summed E-state index contributed by atoms with van der Waals surface area (Å²) in [7, 11) is 0. The number of aliphatic hydroxyl groups excluding tert-OH is 2. The molecule has 1 aliphatic rings. The molecule has 0 radical (unpaired) electrons. The Balaban J connectivity index is 1.67. The number of nitrogens with zero attached hydrogens (tertiary/aromatic N) is 3. The SMILES string of the molecule is CC(CO)Nc1nc(SCc2cccc(F)c2F)nc2[nH]c(=O)c(NC3C=CC(O)C3)nc12. The van der Waals surface area contributed by atoms with Crippen molar-refractivity contribution in [3.63, 3.8) is 0 Å². The molecule has 33 heavy (non-hydrogen) atoms. The second kappa shape index (κ2) is 9.81. The maximum Gasteiger partial charge on any atom is 0.292 e. The number of rotatable bonds is 8. The molecule has 4 rings (SSSR count). The second-order valence-corrected chi connectivity index (χ2v) is 8.58. The summed E-state index contributed by atoms with van der Waals surface area (Å²) in [5, 5.41) is 25.3. The van der Waals surface area contributed by atoms with Crippen LogP contribution in [0.1, 0.15) is 18.9 Å². The molecule has 9 nitrogen and oxygen atoms in total. The van der Waals surface area contributed by atoms with Gasteiger partial charge in [-0.3, -0.25) is 4.79 Å². The average molecular weight is 477 g/mol. The van der Waals surface area contributed by atoms with E-state index in [2.05, 4.69) is 30.6 Å². The highest BCUT2D eigenvalue weighted by atomic mass is 32.2. The Hall–Kier alpha value is -3.09. The summed E-state index contributed by atoms with van der Waals surface area (Å²) in [4.78, 5) is 28.4. The molecule has 0 fully saturated rings. The molecule has 174 valence electrons. The van der Waals surface area contributed by atoms with Crippen LogP contribution >= 0.6 is 11.8 Å². The molecular formula is C21H22F2N6O3S. The van der Waals surface area contributed by atoms with E-state index in [4.69, 9.17) is 0 Å². The van der Waals surface area contributed by atoms with Crippen LogP contribution < -0.4 is 16.2 Å². The van der Waals surface area contributed by atoms with Gasteiger partial charge in [0.25, 0.3) is 5.56 Å².